The van der Waals surface area contributed by atoms with Gasteiger partial charge < -0.3 is 58.9 Å². The molecule has 3 fully saturated rings. The summed E-state index contributed by atoms with van der Waals surface area (Å²) in [5.41, 5.74) is -2.33. The zero-order chi connectivity index (χ0) is 39.7. The predicted molar refractivity (Wildman–Crippen MR) is 191 cm³/mol. The number of rotatable bonds is 8. The molecule has 3 heterocycles. The Morgan fingerprint density at radius 3 is 2.18 bits per heavy atom. The molecule has 0 saturated carbocycles. The Bertz CT molecular complexity index is 1820. The van der Waals surface area contributed by atoms with E-state index in [-0.39, 0.29) is 70.9 Å². The minimum absolute atomic E-state index is 0.0118. The summed E-state index contributed by atoms with van der Waals surface area (Å²) in [6.45, 7) is 6.98. The third kappa shape index (κ3) is 7.13. The number of nitrogens with zero attached hydrogens (tertiary/aromatic N) is 1. The van der Waals surface area contributed by atoms with Gasteiger partial charge >= 0.3 is 0 Å². The van der Waals surface area contributed by atoms with Crippen LogP contribution in [0.25, 0.3) is 0 Å². The van der Waals surface area contributed by atoms with E-state index in [1.54, 1.807) is 20.8 Å². The minimum atomic E-state index is -1.71. The Morgan fingerprint density at radius 2 is 1.53 bits per heavy atom. The number of aliphatic hydroxyl groups excluding tert-OH is 2. The summed E-state index contributed by atoms with van der Waals surface area (Å²) in [7, 11) is 3.76. The highest BCUT2D eigenvalue weighted by Gasteiger charge is 2.51. The number of Topliss-reactive ketones (excluding diaryl/α,β-unsaturated/α-hetero) is 1. The number of benzene rings is 2. The van der Waals surface area contributed by atoms with Crippen LogP contribution < -0.4 is 0 Å². The normalized spacial score (nSPS) is 37.7. The zero-order valence-electron chi connectivity index (χ0n) is 31.8. The SMILES string of the molecule is CC[C@@]1(O)C[C@H](O[C@H]2C[C@H](N(C)C)[C@H](O[C@H]3C[C@H](O)[C@@H](O[C@H]4CCC(=O)[C@@H](C)O4)[C@H](C)O3)[C@H](C)O2)c2c(cc3c(c2O)C(=O)c2c(O)cccc2C3=O)[C@H]1O. The maximum atomic E-state index is 13.8. The molecule has 2 aromatic rings. The van der Waals surface area contributed by atoms with Crippen molar-refractivity contribution in [3.05, 3.63) is 57.6 Å². The Labute approximate surface area is 319 Å². The summed E-state index contributed by atoms with van der Waals surface area (Å²) in [5, 5.41) is 56.5. The van der Waals surface area contributed by atoms with Crippen molar-refractivity contribution in [1.29, 1.82) is 0 Å². The first-order valence-electron chi connectivity index (χ1n) is 19.0. The van der Waals surface area contributed by atoms with Gasteiger partial charge in [0.15, 0.2) is 30.4 Å². The van der Waals surface area contributed by atoms with Crippen LogP contribution >= 0.6 is 0 Å². The number of fused-ring (bicyclic) bond motifs is 3. The lowest BCUT2D eigenvalue weighted by atomic mass is 9.71. The molecule has 3 aliphatic heterocycles. The summed E-state index contributed by atoms with van der Waals surface area (Å²) >= 11 is 0. The highest BCUT2D eigenvalue weighted by molar-refractivity contribution is 6.30. The summed E-state index contributed by atoms with van der Waals surface area (Å²) < 4.78 is 37.3. The Balaban J connectivity index is 1.10. The smallest absolute Gasteiger partial charge is 0.201 e. The molecule has 0 spiro atoms. The number of ether oxygens (including phenoxy) is 6. The fraction of sp³-hybridized carbons (Fsp3) is 0.625. The van der Waals surface area contributed by atoms with Crippen molar-refractivity contribution in [2.45, 2.75) is 146 Å². The monoisotopic (exact) mass is 769 g/mol. The van der Waals surface area contributed by atoms with E-state index in [0.717, 1.165) is 0 Å². The third-order valence-electron chi connectivity index (χ3n) is 12.0. The van der Waals surface area contributed by atoms with Gasteiger partial charge in [-0.2, -0.15) is 0 Å². The van der Waals surface area contributed by atoms with Crippen LogP contribution in [0.4, 0.5) is 0 Å². The van der Waals surface area contributed by atoms with Crippen LogP contribution in [0.3, 0.4) is 0 Å². The van der Waals surface area contributed by atoms with E-state index in [1.165, 1.54) is 24.3 Å². The van der Waals surface area contributed by atoms with Crippen molar-refractivity contribution in [1.82, 2.24) is 4.90 Å². The number of phenolic OH excluding ortho intramolecular Hbond substituents is 2. The average Bonchev–Trinajstić information content (AvgIpc) is 3.13. The highest BCUT2D eigenvalue weighted by Crippen LogP contribution is 2.53. The molecule has 7 rings (SSSR count). The van der Waals surface area contributed by atoms with E-state index < -0.39 is 96.4 Å². The molecule has 0 bridgehead atoms. The van der Waals surface area contributed by atoms with E-state index in [9.17, 15) is 39.9 Å². The first-order chi connectivity index (χ1) is 26.0. The molecular weight excluding hydrogens is 718 g/mol. The molecule has 3 saturated heterocycles. The number of likely N-dealkylation sites (N-methyl/N-ethyl adjacent to an activating group) is 1. The van der Waals surface area contributed by atoms with Crippen molar-refractivity contribution < 1.29 is 68.3 Å². The average molecular weight is 770 g/mol. The molecule has 15 nitrogen and oxygen atoms in total. The molecule has 13 atom stereocenters. The number of phenols is 2. The van der Waals surface area contributed by atoms with Crippen LogP contribution in [0.1, 0.15) is 121 Å². The molecule has 0 amide bonds. The summed E-state index contributed by atoms with van der Waals surface area (Å²) in [4.78, 5) is 41.2. The standard InChI is InChI=1S/C40H51NO14/c1-7-40(49)16-27(32-22(39(40)48)13-21-33(36(32)47)35(46)31-20(34(21)45)9-8-10-25(31)43)53-29-14-23(41(5)6)37(18(3)51-29)55-30-15-26(44)38(19(4)52-30)54-28-12-11-24(42)17(2)50-28/h8-10,13,17-19,23,26-30,37-39,43-44,47-49H,7,11-12,14-16H2,1-6H3/t17-,18+,19+,23+,26+,27+,28+,29+,30+,37-,38+,39-,40-/m1/s1. The maximum absolute atomic E-state index is 13.8. The predicted octanol–water partition coefficient (Wildman–Crippen LogP) is 2.93. The number of hydrogen-bond donors (Lipinski definition) is 5. The van der Waals surface area contributed by atoms with Gasteiger partial charge in [-0.05, 0) is 59.0 Å². The van der Waals surface area contributed by atoms with Crippen LogP contribution in [-0.2, 0) is 33.2 Å². The number of hydrogen-bond acceptors (Lipinski definition) is 15. The molecule has 5 N–H and O–H groups in total. The number of aromatic hydroxyl groups is 2. The quantitative estimate of drug-likeness (QED) is 0.223. The van der Waals surface area contributed by atoms with Crippen LogP contribution in [0.5, 0.6) is 11.5 Å². The Kier molecular flexibility index (Phi) is 11.0. The van der Waals surface area contributed by atoms with E-state index in [2.05, 4.69) is 0 Å². The van der Waals surface area contributed by atoms with Gasteiger partial charge in [0.25, 0.3) is 0 Å². The van der Waals surface area contributed by atoms with Gasteiger partial charge in [0.05, 0.1) is 41.1 Å². The van der Waals surface area contributed by atoms with Gasteiger partial charge in [0.2, 0.25) is 5.78 Å². The summed E-state index contributed by atoms with van der Waals surface area (Å²) in [5.74, 6) is -2.33. The van der Waals surface area contributed by atoms with Crippen molar-refractivity contribution in [3.63, 3.8) is 0 Å². The maximum Gasteiger partial charge on any atom is 0.201 e. The zero-order valence-corrected chi connectivity index (χ0v) is 31.8. The lowest BCUT2D eigenvalue weighted by Gasteiger charge is -2.48. The second kappa shape index (κ2) is 15.2. The van der Waals surface area contributed by atoms with Crippen LogP contribution in [-0.4, -0.2) is 129 Å². The number of carbonyl (C=O) groups is 3. The molecule has 0 radical (unpaired) electrons. The molecular formula is C40H51NO14. The number of ketones is 3. The highest BCUT2D eigenvalue weighted by atomic mass is 16.7. The van der Waals surface area contributed by atoms with Crippen LogP contribution in [0.15, 0.2) is 24.3 Å². The first-order valence-corrected chi connectivity index (χ1v) is 19.0. The number of carbonyl (C=O) groups excluding carboxylic acids is 3. The lowest BCUT2D eigenvalue weighted by molar-refractivity contribution is -0.325. The van der Waals surface area contributed by atoms with E-state index in [4.69, 9.17) is 28.4 Å². The van der Waals surface area contributed by atoms with Crippen molar-refractivity contribution in [2.75, 3.05) is 14.1 Å². The summed E-state index contributed by atoms with van der Waals surface area (Å²) in [6, 6.07) is 5.16. The molecule has 2 aromatic carbocycles. The molecule has 55 heavy (non-hydrogen) atoms. The second-order valence-corrected chi connectivity index (χ2v) is 15.7. The van der Waals surface area contributed by atoms with Crippen molar-refractivity contribution in [3.8, 4) is 11.5 Å². The summed E-state index contributed by atoms with van der Waals surface area (Å²) in [6.07, 6.45) is -7.77. The van der Waals surface area contributed by atoms with E-state index >= 15 is 0 Å². The van der Waals surface area contributed by atoms with Gasteiger partial charge in [0.1, 0.15) is 35.9 Å². The lowest BCUT2D eigenvalue weighted by Crippen LogP contribution is -2.58. The van der Waals surface area contributed by atoms with E-state index in [0.29, 0.717) is 12.8 Å². The Hall–Kier alpha value is -3.35. The molecule has 15 heteroatoms. The minimum Gasteiger partial charge on any atom is -0.507 e. The number of aliphatic hydroxyl groups is 3. The molecule has 2 aliphatic carbocycles. The molecule has 300 valence electrons. The topological polar surface area (TPSA) is 211 Å². The van der Waals surface area contributed by atoms with Crippen LogP contribution in [0, 0.1) is 0 Å². The van der Waals surface area contributed by atoms with Gasteiger partial charge in [-0.3, -0.25) is 14.4 Å². The van der Waals surface area contributed by atoms with Crippen molar-refractivity contribution in [2.24, 2.45) is 0 Å². The first kappa shape index (κ1) is 39.9. The van der Waals surface area contributed by atoms with Crippen LogP contribution in [0.2, 0.25) is 0 Å². The fourth-order valence-corrected chi connectivity index (χ4v) is 8.78. The van der Waals surface area contributed by atoms with Gasteiger partial charge in [-0.15, -0.1) is 0 Å². The molecule has 5 aliphatic rings. The van der Waals surface area contributed by atoms with Gasteiger partial charge in [-0.25, -0.2) is 0 Å². The third-order valence-corrected chi connectivity index (χ3v) is 12.0. The van der Waals surface area contributed by atoms with Gasteiger partial charge in [0, 0.05) is 54.8 Å². The Morgan fingerprint density at radius 1 is 0.855 bits per heavy atom. The fourth-order valence-electron chi connectivity index (χ4n) is 8.78. The molecule has 0 unspecified atom stereocenters. The second-order valence-electron chi connectivity index (χ2n) is 15.7. The largest absolute Gasteiger partial charge is 0.507 e. The van der Waals surface area contributed by atoms with E-state index in [1.807, 2.05) is 25.9 Å². The molecule has 0 aromatic heterocycles. The van der Waals surface area contributed by atoms with Gasteiger partial charge in [-0.1, -0.05) is 19.1 Å². The van der Waals surface area contributed by atoms with Crippen molar-refractivity contribution >= 4 is 17.3 Å².